The first-order chi connectivity index (χ1) is 7.27. The van der Waals surface area contributed by atoms with Crippen LogP contribution in [-0.2, 0) is 0 Å². The highest BCUT2D eigenvalue weighted by molar-refractivity contribution is 9.10. The molecule has 1 unspecified atom stereocenters. The lowest BCUT2D eigenvalue weighted by molar-refractivity contribution is 0.530. The molecule has 15 heavy (non-hydrogen) atoms. The Bertz CT molecular complexity index is 292. The highest BCUT2D eigenvalue weighted by atomic mass is 79.9. The Hall–Kier alpha value is -0.600. The first-order valence-corrected chi connectivity index (χ1v) is 6.11. The van der Waals surface area contributed by atoms with E-state index in [-0.39, 0.29) is 0 Å². The third kappa shape index (κ3) is 4.18. The van der Waals surface area contributed by atoms with Crippen LogP contribution in [0, 0.1) is 0 Å². The lowest BCUT2D eigenvalue weighted by Crippen LogP contribution is -2.16. The zero-order valence-electron chi connectivity index (χ0n) is 9.17. The second-order valence-electron chi connectivity index (χ2n) is 3.61. The molecule has 0 spiro atoms. The van der Waals surface area contributed by atoms with Crippen molar-refractivity contribution in [1.82, 2.24) is 5.32 Å². The van der Waals surface area contributed by atoms with Gasteiger partial charge in [-0.2, -0.15) is 0 Å². The Kier molecular flexibility index (Phi) is 5.66. The van der Waals surface area contributed by atoms with Crippen molar-refractivity contribution in [1.29, 1.82) is 0 Å². The molecule has 0 amide bonds. The summed E-state index contributed by atoms with van der Waals surface area (Å²) in [7, 11) is 2.01. The molecule has 0 aliphatic rings. The van der Waals surface area contributed by atoms with Crippen LogP contribution in [0.4, 0.5) is 0 Å². The third-order valence-corrected chi connectivity index (χ3v) is 3.05. The van der Waals surface area contributed by atoms with Gasteiger partial charge in [0.25, 0.3) is 0 Å². The smallest absolute Gasteiger partial charge is 0.0317 e. The molecule has 0 aromatic heterocycles. The number of allylic oxidation sites excluding steroid dienone is 1. The van der Waals surface area contributed by atoms with Crippen LogP contribution in [-0.4, -0.2) is 7.05 Å². The van der Waals surface area contributed by atoms with Crippen molar-refractivity contribution in [2.45, 2.75) is 25.3 Å². The van der Waals surface area contributed by atoms with Crippen molar-refractivity contribution in [3.8, 4) is 0 Å². The molecule has 1 aromatic rings. The van der Waals surface area contributed by atoms with Crippen LogP contribution in [0.1, 0.15) is 30.9 Å². The van der Waals surface area contributed by atoms with Gasteiger partial charge in [-0.05, 0) is 44.0 Å². The molecule has 1 N–H and O–H groups in total. The average molecular weight is 268 g/mol. The predicted octanol–water partition coefficient (Wildman–Crippen LogP) is 4.07. The van der Waals surface area contributed by atoms with Crippen molar-refractivity contribution in [3.05, 3.63) is 47.0 Å². The topological polar surface area (TPSA) is 12.0 Å². The number of hydrogen-bond donors (Lipinski definition) is 1. The molecule has 0 radical (unpaired) electrons. The Morgan fingerprint density at radius 1 is 1.40 bits per heavy atom. The van der Waals surface area contributed by atoms with Gasteiger partial charge in [0.2, 0.25) is 0 Å². The van der Waals surface area contributed by atoms with Gasteiger partial charge >= 0.3 is 0 Å². The normalized spacial score (nSPS) is 12.4. The largest absolute Gasteiger partial charge is 0.313 e. The summed E-state index contributed by atoms with van der Waals surface area (Å²) >= 11 is 3.45. The van der Waals surface area contributed by atoms with E-state index < -0.39 is 0 Å². The van der Waals surface area contributed by atoms with Gasteiger partial charge < -0.3 is 5.32 Å². The Morgan fingerprint density at radius 2 is 2.07 bits per heavy atom. The number of halogens is 1. The molecule has 1 atom stereocenters. The minimum Gasteiger partial charge on any atom is -0.313 e. The average Bonchev–Trinajstić information content (AvgIpc) is 2.26. The van der Waals surface area contributed by atoms with E-state index in [4.69, 9.17) is 0 Å². The minimum atomic E-state index is 0.457. The maximum Gasteiger partial charge on any atom is 0.0317 e. The number of nitrogens with one attached hydrogen (secondary N) is 1. The Labute approximate surface area is 101 Å². The summed E-state index contributed by atoms with van der Waals surface area (Å²) in [5.41, 5.74) is 1.35. The van der Waals surface area contributed by atoms with Crippen LogP contribution >= 0.6 is 15.9 Å². The summed E-state index contributed by atoms with van der Waals surface area (Å²) in [6.07, 6.45) is 5.41. The SMILES string of the molecule is C=CCCCC(NC)c1ccc(Br)cc1. The van der Waals surface area contributed by atoms with Crippen LogP contribution in [0.15, 0.2) is 41.4 Å². The monoisotopic (exact) mass is 267 g/mol. The van der Waals surface area contributed by atoms with Gasteiger partial charge in [-0.25, -0.2) is 0 Å². The van der Waals surface area contributed by atoms with Crippen molar-refractivity contribution in [2.75, 3.05) is 7.05 Å². The summed E-state index contributed by atoms with van der Waals surface area (Å²) in [5.74, 6) is 0. The van der Waals surface area contributed by atoms with Crippen molar-refractivity contribution in [3.63, 3.8) is 0 Å². The summed E-state index contributed by atoms with van der Waals surface area (Å²) in [5, 5.41) is 3.35. The first kappa shape index (κ1) is 12.5. The first-order valence-electron chi connectivity index (χ1n) is 5.31. The van der Waals surface area contributed by atoms with Crippen molar-refractivity contribution in [2.24, 2.45) is 0 Å². The molecule has 1 nitrogen and oxygen atoms in total. The molecule has 0 saturated carbocycles. The number of benzene rings is 1. The van der Waals surface area contributed by atoms with Gasteiger partial charge in [0, 0.05) is 10.5 Å². The number of unbranched alkanes of at least 4 members (excludes halogenated alkanes) is 1. The van der Waals surface area contributed by atoms with Gasteiger partial charge in [-0.15, -0.1) is 6.58 Å². The molecule has 2 heteroatoms. The lowest BCUT2D eigenvalue weighted by Gasteiger charge is -2.16. The van der Waals surface area contributed by atoms with Crippen molar-refractivity contribution < 1.29 is 0 Å². The van der Waals surface area contributed by atoms with Gasteiger partial charge in [0.15, 0.2) is 0 Å². The third-order valence-electron chi connectivity index (χ3n) is 2.52. The van der Waals surface area contributed by atoms with Gasteiger partial charge in [0.05, 0.1) is 0 Å². The fourth-order valence-corrected chi connectivity index (χ4v) is 1.90. The quantitative estimate of drug-likeness (QED) is 0.606. The van der Waals surface area contributed by atoms with Crippen LogP contribution in [0.25, 0.3) is 0 Å². The summed E-state index contributed by atoms with van der Waals surface area (Å²) < 4.78 is 1.13. The fraction of sp³-hybridized carbons (Fsp3) is 0.385. The molecular weight excluding hydrogens is 250 g/mol. The molecular formula is C13H18BrN. The molecule has 82 valence electrons. The second-order valence-corrected chi connectivity index (χ2v) is 4.53. The molecule has 1 rings (SSSR count). The summed E-state index contributed by atoms with van der Waals surface area (Å²) in [6.45, 7) is 3.74. The molecule has 0 aliphatic heterocycles. The number of hydrogen-bond acceptors (Lipinski definition) is 1. The highest BCUT2D eigenvalue weighted by Gasteiger charge is 2.07. The van der Waals surface area contributed by atoms with E-state index in [0.29, 0.717) is 6.04 Å². The van der Waals surface area contributed by atoms with Crippen LogP contribution < -0.4 is 5.32 Å². The maximum atomic E-state index is 3.74. The van der Waals surface area contributed by atoms with E-state index in [0.717, 1.165) is 17.3 Å². The molecule has 0 heterocycles. The van der Waals surface area contributed by atoms with Gasteiger partial charge in [-0.1, -0.05) is 34.1 Å². The molecule has 0 saturated heterocycles. The van der Waals surface area contributed by atoms with E-state index in [1.165, 1.54) is 12.0 Å². The molecule has 1 aromatic carbocycles. The van der Waals surface area contributed by atoms with Gasteiger partial charge in [-0.3, -0.25) is 0 Å². The molecule has 0 fully saturated rings. The Morgan fingerprint density at radius 3 is 2.60 bits per heavy atom. The summed E-state index contributed by atoms with van der Waals surface area (Å²) in [6, 6.07) is 8.97. The van der Waals surface area contributed by atoms with E-state index in [1.807, 2.05) is 13.1 Å². The van der Waals surface area contributed by atoms with Gasteiger partial charge in [0.1, 0.15) is 0 Å². The van der Waals surface area contributed by atoms with E-state index in [1.54, 1.807) is 0 Å². The van der Waals surface area contributed by atoms with Crippen LogP contribution in [0.3, 0.4) is 0 Å². The fourth-order valence-electron chi connectivity index (χ4n) is 1.64. The molecule has 0 aliphatic carbocycles. The van der Waals surface area contributed by atoms with E-state index >= 15 is 0 Å². The van der Waals surface area contributed by atoms with E-state index in [9.17, 15) is 0 Å². The van der Waals surface area contributed by atoms with Crippen LogP contribution in [0.5, 0.6) is 0 Å². The number of rotatable bonds is 6. The molecule has 0 bridgehead atoms. The zero-order valence-corrected chi connectivity index (χ0v) is 10.8. The standard InChI is InChI=1S/C13H18BrN/c1-3-4-5-6-13(15-2)11-7-9-12(14)10-8-11/h3,7-10,13,15H,1,4-6H2,2H3. The highest BCUT2D eigenvalue weighted by Crippen LogP contribution is 2.21. The maximum absolute atomic E-state index is 3.74. The predicted molar refractivity (Wildman–Crippen MR) is 70.0 cm³/mol. The minimum absolute atomic E-state index is 0.457. The van der Waals surface area contributed by atoms with Crippen molar-refractivity contribution >= 4 is 15.9 Å². The zero-order chi connectivity index (χ0) is 11.1. The van der Waals surface area contributed by atoms with Crippen LogP contribution in [0.2, 0.25) is 0 Å². The lowest BCUT2D eigenvalue weighted by atomic mass is 10.0. The van der Waals surface area contributed by atoms with E-state index in [2.05, 4.69) is 52.1 Å². The summed E-state index contributed by atoms with van der Waals surface area (Å²) in [4.78, 5) is 0. The second kappa shape index (κ2) is 6.81. The Balaban J connectivity index is 2.57.